The second kappa shape index (κ2) is 7.41. The third-order valence-corrected chi connectivity index (χ3v) is 7.75. The van der Waals surface area contributed by atoms with Crippen LogP contribution in [0.15, 0.2) is 6.07 Å². The average Bonchev–Trinajstić information content (AvgIpc) is 2.91. The highest BCUT2D eigenvalue weighted by molar-refractivity contribution is 7.91. The number of Topliss-reactive ketones (excluding diaryl/α,β-unsaturated/α-hetero) is 1. The monoisotopic (exact) mass is 378 g/mol. The Labute approximate surface area is 157 Å². The van der Waals surface area contributed by atoms with E-state index in [9.17, 15) is 13.2 Å². The molecule has 1 aromatic carbocycles. The summed E-state index contributed by atoms with van der Waals surface area (Å²) in [4.78, 5) is 16.8. The Kier molecular flexibility index (Phi) is 5.56. The van der Waals surface area contributed by atoms with Crippen molar-refractivity contribution in [2.45, 2.75) is 46.7 Å². The fraction of sp³-hybridized carbons (Fsp3) is 0.650. The summed E-state index contributed by atoms with van der Waals surface area (Å²) in [5.41, 5.74) is 5.54. The minimum atomic E-state index is -2.82. The van der Waals surface area contributed by atoms with Gasteiger partial charge in [-0.15, -0.1) is 0 Å². The van der Waals surface area contributed by atoms with Crippen LogP contribution in [0, 0.1) is 20.8 Å². The molecule has 1 atom stereocenters. The van der Waals surface area contributed by atoms with Gasteiger partial charge < -0.3 is 0 Å². The molecule has 0 spiro atoms. The summed E-state index contributed by atoms with van der Waals surface area (Å²) in [6, 6.07) is 2.33. The summed E-state index contributed by atoms with van der Waals surface area (Å²) in [5.74, 6) is 0.798. The largest absolute Gasteiger partial charge is 0.297 e. The van der Waals surface area contributed by atoms with E-state index in [1.165, 1.54) is 11.1 Å². The van der Waals surface area contributed by atoms with E-state index >= 15 is 0 Å². The first-order valence-electron chi connectivity index (χ1n) is 9.45. The Morgan fingerprint density at radius 2 is 1.77 bits per heavy atom. The molecule has 144 valence electrons. The zero-order valence-corrected chi connectivity index (χ0v) is 17.2. The molecule has 2 aliphatic rings. The van der Waals surface area contributed by atoms with E-state index in [0.717, 1.165) is 55.8 Å². The summed E-state index contributed by atoms with van der Waals surface area (Å²) >= 11 is 0. The lowest BCUT2D eigenvalue weighted by Gasteiger charge is -2.38. The maximum atomic E-state index is 12.0. The molecule has 2 saturated heterocycles. The van der Waals surface area contributed by atoms with Crippen molar-refractivity contribution in [1.29, 1.82) is 0 Å². The van der Waals surface area contributed by atoms with E-state index in [1.807, 2.05) is 6.92 Å². The smallest absolute Gasteiger partial charge is 0.160 e. The van der Waals surface area contributed by atoms with Crippen molar-refractivity contribution in [2.75, 3.05) is 37.7 Å². The van der Waals surface area contributed by atoms with Crippen molar-refractivity contribution in [3.05, 3.63) is 33.9 Å². The SMILES string of the molecule is CC(=O)c1c(C)cc(C)c(CN2CCN([C@@H]3CCS(=O)(=O)C3)CC2)c1C. The first kappa shape index (κ1) is 19.5. The Balaban J connectivity index is 1.67. The lowest BCUT2D eigenvalue weighted by atomic mass is 9.91. The van der Waals surface area contributed by atoms with Crippen molar-refractivity contribution in [1.82, 2.24) is 9.80 Å². The second-order valence-corrected chi connectivity index (χ2v) is 10.1. The first-order chi connectivity index (χ1) is 12.2. The third kappa shape index (κ3) is 4.02. The molecule has 2 fully saturated rings. The molecule has 0 saturated carbocycles. The highest BCUT2D eigenvalue weighted by Crippen LogP contribution is 2.25. The van der Waals surface area contributed by atoms with Crippen molar-refractivity contribution < 1.29 is 13.2 Å². The number of hydrogen-bond acceptors (Lipinski definition) is 5. The zero-order chi connectivity index (χ0) is 19.1. The molecular formula is C20H30N2O3S. The molecule has 0 N–H and O–H groups in total. The number of ketones is 1. The number of hydrogen-bond donors (Lipinski definition) is 0. The predicted octanol–water partition coefficient (Wildman–Crippen LogP) is 2.12. The summed E-state index contributed by atoms with van der Waals surface area (Å²) in [6.07, 6.45) is 0.778. The maximum absolute atomic E-state index is 12.0. The number of rotatable bonds is 4. The maximum Gasteiger partial charge on any atom is 0.160 e. The van der Waals surface area contributed by atoms with Crippen LogP contribution in [0.4, 0.5) is 0 Å². The van der Waals surface area contributed by atoms with Gasteiger partial charge in [0, 0.05) is 44.3 Å². The number of nitrogens with zero attached hydrogens (tertiary/aromatic N) is 2. The topological polar surface area (TPSA) is 57.7 Å². The standard InChI is InChI=1S/C20H30N2O3S/c1-14-11-15(2)20(17(4)23)16(3)19(14)12-21-6-8-22(9-7-21)18-5-10-26(24,25)13-18/h11,18H,5-10,12-13H2,1-4H3/t18-/m1/s1. The Morgan fingerprint density at radius 3 is 2.31 bits per heavy atom. The normalized spacial score (nSPS) is 24.1. The molecular weight excluding hydrogens is 348 g/mol. The number of carbonyl (C=O) groups excluding carboxylic acids is 1. The fourth-order valence-corrected chi connectivity index (χ4v) is 6.35. The fourth-order valence-electron chi connectivity index (χ4n) is 4.59. The van der Waals surface area contributed by atoms with Gasteiger partial charge in [0.1, 0.15) is 0 Å². The highest BCUT2D eigenvalue weighted by atomic mass is 32.2. The molecule has 2 aliphatic heterocycles. The van der Waals surface area contributed by atoms with Crippen molar-refractivity contribution >= 4 is 15.6 Å². The number of piperazine rings is 1. The van der Waals surface area contributed by atoms with Gasteiger partial charge in [-0.2, -0.15) is 0 Å². The van der Waals surface area contributed by atoms with E-state index in [1.54, 1.807) is 6.92 Å². The van der Waals surface area contributed by atoms with E-state index in [4.69, 9.17) is 0 Å². The van der Waals surface area contributed by atoms with Crippen LogP contribution in [0.1, 0.15) is 46.0 Å². The van der Waals surface area contributed by atoms with Gasteiger partial charge in [0.2, 0.25) is 0 Å². The van der Waals surface area contributed by atoms with Crippen LogP contribution in [0.25, 0.3) is 0 Å². The Morgan fingerprint density at radius 1 is 1.12 bits per heavy atom. The van der Waals surface area contributed by atoms with E-state index in [0.29, 0.717) is 11.5 Å². The molecule has 26 heavy (non-hydrogen) atoms. The minimum Gasteiger partial charge on any atom is -0.297 e. The van der Waals surface area contributed by atoms with Gasteiger partial charge in [0.15, 0.2) is 15.6 Å². The van der Waals surface area contributed by atoms with E-state index in [2.05, 4.69) is 29.7 Å². The van der Waals surface area contributed by atoms with E-state index < -0.39 is 9.84 Å². The predicted molar refractivity (Wildman–Crippen MR) is 105 cm³/mol. The molecule has 6 heteroatoms. The molecule has 1 aromatic rings. The van der Waals surface area contributed by atoms with Crippen LogP contribution in [0.5, 0.6) is 0 Å². The zero-order valence-electron chi connectivity index (χ0n) is 16.3. The summed E-state index contributed by atoms with van der Waals surface area (Å²) in [6.45, 7) is 12.4. The molecule has 0 unspecified atom stereocenters. The lowest BCUT2D eigenvalue weighted by molar-refractivity contribution is 0.0991. The molecule has 5 nitrogen and oxygen atoms in total. The Hall–Kier alpha value is -1.24. The number of benzene rings is 1. The summed E-state index contributed by atoms with van der Waals surface area (Å²) < 4.78 is 23.4. The van der Waals surface area contributed by atoms with Crippen LogP contribution in [-0.2, 0) is 16.4 Å². The van der Waals surface area contributed by atoms with Gasteiger partial charge in [0.05, 0.1) is 11.5 Å². The van der Waals surface area contributed by atoms with Crippen LogP contribution >= 0.6 is 0 Å². The molecule has 3 rings (SSSR count). The van der Waals surface area contributed by atoms with Gasteiger partial charge in [-0.25, -0.2) is 8.42 Å². The molecule has 0 bridgehead atoms. The minimum absolute atomic E-state index is 0.133. The quantitative estimate of drug-likeness (QED) is 0.751. The van der Waals surface area contributed by atoms with Gasteiger partial charge in [-0.05, 0) is 56.4 Å². The second-order valence-electron chi connectivity index (χ2n) is 7.91. The van der Waals surface area contributed by atoms with Gasteiger partial charge in [-0.3, -0.25) is 14.6 Å². The highest BCUT2D eigenvalue weighted by Gasteiger charge is 2.33. The number of aryl methyl sites for hydroxylation is 2. The van der Waals surface area contributed by atoms with Gasteiger partial charge >= 0.3 is 0 Å². The lowest BCUT2D eigenvalue weighted by Crippen LogP contribution is -2.50. The van der Waals surface area contributed by atoms with Crippen molar-refractivity contribution in [2.24, 2.45) is 0 Å². The van der Waals surface area contributed by atoms with Crippen LogP contribution in [-0.4, -0.2) is 67.7 Å². The first-order valence-corrected chi connectivity index (χ1v) is 11.3. The van der Waals surface area contributed by atoms with Gasteiger partial charge in [-0.1, -0.05) is 6.07 Å². The molecule has 0 amide bonds. The average molecular weight is 379 g/mol. The van der Waals surface area contributed by atoms with Crippen molar-refractivity contribution in [3.63, 3.8) is 0 Å². The van der Waals surface area contributed by atoms with Gasteiger partial charge in [0.25, 0.3) is 0 Å². The van der Waals surface area contributed by atoms with Crippen LogP contribution < -0.4 is 0 Å². The van der Waals surface area contributed by atoms with Crippen LogP contribution in [0.3, 0.4) is 0 Å². The van der Waals surface area contributed by atoms with Crippen molar-refractivity contribution in [3.8, 4) is 0 Å². The summed E-state index contributed by atoms with van der Waals surface area (Å²) in [5, 5.41) is 0. The molecule has 0 aliphatic carbocycles. The van der Waals surface area contributed by atoms with Crippen LogP contribution in [0.2, 0.25) is 0 Å². The molecule has 0 aromatic heterocycles. The molecule has 0 radical (unpaired) electrons. The third-order valence-electron chi connectivity index (χ3n) is 6.00. The number of carbonyl (C=O) groups is 1. The molecule has 2 heterocycles. The Bertz CT molecular complexity index is 809. The van der Waals surface area contributed by atoms with E-state index in [-0.39, 0.29) is 11.8 Å². The summed E-state index contributed by atoms with van der Waals surface area (Å²) in [7, 11) is -2.82. The number of sulfone groups is 1.